The van der Waals surface area contributed by atoms with Crippen molar-refractivity contribution in [3.05, 3.63) is 51.3 Å². The van der Waals surface area contributed by atoms with Crippen LogP contribution >= 0.6 is 22.7 Å². The van der Waals surface area contributed by atoms with Crippen molar-refractivity contribution in [2.75, 3.05) is 13.1 Å². The lowest BCUT2D eigenvalue weighted by atomic mass is 10.2. The van der Waals surface area contributed by atoms with E-state index in [9.17, 15) is 5.11 Å². The number of rotatable bonds is 6. The number of nitrogens with zero attached hydrogens (tertiary/aromatic N) is 2. The Bertz CT molecular complexity index is 823. The van der Waals surface area contributed by atoms with Gasteiger partial charge in [-0.1, -0.05) is 18.2 Å². The zero-order valence-corrected chi connectivity index (χ0v) is 16.0. The van der Waals surface area contributed by atoms with Crippen LogP contribution in [0.15, 0.2) is 40.8 Å². The Balaban J connectivity index is 1.63. The first kappa shape index (κ1) is 17.8. The summed E-state index contributed by atoms with van der Waals surface area (Å²) >= 11 is 3.24. The number of aliphatic hydroxyl groups excluding tert-OH is 1. The summed E-state index contributed by atoms with van der Waals surface area (Å²) in [5.74, 6) is 0.704. The van der Waals surface area contributed by atoms with Gasteiger partial charge in [0.05, 0.1) is 17.7 Å². The molecule has 2 heterocycles. The second-order valence-corrected chi connectivity index (χ2v) is 7.69. The Labute approximate surface area is 155 Å². The molecule has 0 aliphatic rings. The molecule has 1 unspecified atom stereocenters. The summed E-state index contributed by atoms with van der Waals surface area (Å²) < 4.78 is 1.19. The Morgan fingerprint density at radius 3 is 2.88 bits per heavy atom. The van der Waals surface area contributed by atoms with Crippen LogP contribution in [0.2, 0.25) is 0 Å². The second-order valence-electron chi connectivity index (χ2n) is 5.64. The minimum atomic E-state index is -0.564. The number of aromatic nitrogens is 1. The number of thiazole rings is 1. The van der Waals surface area contributed by atoms with Gasteiger partial charge in [-0.05, 0) is 31.4 Å². The number of nitrogens with one attached hydrogen (secondary N) is 2. The number of hydrogen-bond acceptors (Lipinski definition) is 5. The first-order valence-corrected chi connectivity index (χ1v) is 9.94. The fourth-order valence-corrected chi connectivity index (χ4v) is 4.18. The minimum Gasteiger partial charge on any atom is -0.386 e. The summed E-state index contributed by atoms with van der Waals surface area (Å²) in [7, 11) is 0. The molecule has 2 aromatic heterocycles. The minimum absolute atomic E-state index is 0.417. The molecule has 3 N–H and O–H groups in total. The molecule has 1 aromatic carbocycles. The first-order valence-electron chi connectivity index (χ1n) is 8.25. The SMILES string of the molecule is CCNC(=NCc1scnc1C)NCC(O)c1cc2ccccc2s1. The number of aliphatic imine (C=N–C) groups is 1. The maximum absolute atomic E-state index is 10.5. The van der Waals surface area contributed by atoms with E-state index in [-0.39, 0.29) is 0 Å². The van der Waals surface area contributed by atoms with E-state index in [0.29, 0.717) is 19.0 Å². The number of aliphatic hydroxyl groups is 1. The van der Waals surface area contributed by atoms with Gasteiger partial charge in [-0.15, -0.1) is 22.7 Å². The van der Waals surface area contributed by atoms with Crippen LogP contribution in [-0.2, 0) is 6.54 Å². The van der Waals surface area contributed by atoms with Gasteiger partial charge in [-0.25, -0.2) is 9.98 Å². The van der Waals surface area contributed by atoms with Crippen molar-refractivity contribution in [1.82, 2.24) is 15.6 Å². The van der Waals surface area contributed by atoms with Crippen molar-refractivity contribution in [2.45, 2.75) is 26.5 Å². The van der Waals surface area contributed by atoms with E-state index < -0.39 is 6.10 Å². The third-order valence-electron chi connectivity index (χ3n) is 3.81. The van der Waals surface area contributed by atoms with Gasteiger partial charge in [0.1, 0.15) is 6.10 Å². The van der Waals surface area contributed by atoms with Crippen LogP contribution < -0.4 is 10.6 Å². The average molecular weight is 375 g/mol. The third-order valence-corrected chi connectivity index (χ3v) is 5.94. The van der Waals surface area contributed by atoms with Gasteiger partial charge >= 0.3 is 0 Å². The van der Waals surface area contributed by atoms with E-state index in [1.54, 1.807) is 22.7 Å². The van der Waals surface area contributed by atoms with E-state index in [2.05, 4.69) is 38.8 Å². The van der Waals surface area contributed by atoms with Gasteiger partial charge in [0, 0.05) is 27.5 Å². The zero-order valence-electron chi connectivity index (χ0n) is 14.3. The molecule has 5 nitrogen and oxygen atoms in total. The molecule has 3 aromatic rings. The molecule has 0 aliphatic carbocycles. The van der Waals surface area contributed by atoms with Gasteiger partial charge in [-0.3, -0.25) is 0 Å². The van der Waals surface area contributed by atoms with E-state index in [4.69, 9.17) is 0 Å². The summed E-state index contributed by atoms with van der Waals surface area (Å²) in [4.78, 5) is 10.9. The Kier molecular flexibility index (Phi) is 6.01. The quantitative estimate of drug-likeness (QED) is 0.457. The molecule has 0 aliphatic heterocycles. The van der Waals surface area contributed by atoms with Crippen molar-refractivity contribution < 1.29 is 5.11 Å². The van der Waals surface area contributed by atoms with Crippen LogP contribution in [0.25, 0.3) is 10.1 Å². The Hall–Kier alpha value is -1.96. The normalized spacial score (nSPS) is 13.2. The molecule has 132 valence electrons. The van der Waals surface area contributed by atoms with E-state index in [1.807, 2.05) is 31.5 Å². The molecule has 0 bridgehead atoms. The maximum atomic E-state index is 10.5. The lowest BCUT2D eigenvalue weighted by Gasteiger charge is -2.14. The molecular formula is C18H22N4OS2. The smallest absolute Gasteiger partial charge is 0.191 e. The molecular weight excluding hydrogens is 352 g/mol. The fourth-order valence-electron chi connectivity index (χ4n) is 2.43. The monoisotopic (exact) mass is 374 g/mol. The molecule has 25 heavy (non-hydrogen) atoms. The molecule has 0 saturated heterocycles. The molecule has 0 saturated carbocycles. The number of hydrogen-bond donors (Lipinski definition) is 3. The summed E-state index contributed by atoms with van der Waals surface area (Å²) in [6.45, 7) is 5.79. The molecule has 3 rings (SSSR count). The Morgan fingerprint density at radius 1 is 1.32 bits per heavy atom. The number of fused-ring (bicyclic) bond motifs is 1. The highest BCUT2D eigenvalue weighted by Crippen LogP contribution is 2.29. The van der Waals surface area contributed by atoms with Gasteiger partial charge in [-0.2, -0.15) is 0 Å². The van der Waals surface area contributed by atoms with Crippen LogP contribution in [0, 0.1) is 6.92 Å². The topological polar surface area (TPSA) is 69.5 Å². The zero-order chi connectivity index (χ0) is 17.6. The molecule has 0 amide bonds. The number of aryl methyl sites for hydroxylation is 1. The molecule has 7 heteroatoms. The first-order chi connectivity index (χ1) is 12.2. The van der Waals surface area contributed by atoms with Gasteiger partial charge in [0.15, 0.2) is 5.96 Å². The predicted molar refractivity (Wildman–Crippen MR) is 106 cm³/mol. The van der Waals surface area contributed by atoms with Crippen molar-refractivity contribution >= 4 is 38.7 Å². The molecule has 0 fully saturated rings. The predicted octanol–water partition coefficient (Wildman–Crippen LogP) is 3.45. The van der Waals surface area contributed by atoms with Gasteiger partial charge in [0.2, 0.25) is 0 Å². The molecule has 0 spiro atoms. The molecule has 0 radical (unpaired) electrons. The van der Waals surface area contributed by atoms with Crippen LogP contribution in [0.5, 0.6) is 0 Å². The summed E-state index contributed by atoms with van der Waals surface area (Å²) in [6.07, 6.45) is -0.564. The van der Waals surface area contributed by atoms with Crippen LogP contribution in [0.3, 0.4) is 0 Å². The van der Waals surface area contributed by atoms with E-state index in [0.717, 1.165) is 22.0 Å². The lowest BCUT2D eigenvalue weighted by Crippen LogP contribution is -2.39. The summed E-state index contributed by atoms with van der Waals surface area (Å²) in [6, 6.07) is 10.2. The average Bonchev–Trinajstić information content (AvgIpc) is 3.23. The van der Waals surface area contributed by atoms with E-state index >= 15 is 0 Å². The highest BCUT2D eigenvalue weighted by atomic mass is 32.1. The number of benzene rings is 1. The number of thiophene rings is 1. The summed E-state index contributed by atoms with van der Waals surface area (Å²) in [5.41, 5.74) is 2.86. The highest BCUT2D eigenvalue weighted by Gasteiger charge is 2.12. The van der Waals surface area contributed by atoms with Crippen molar-refractivity contribution in [3.8, 4) is 0 Å². The largest absolute Gasteiger partial charge is 0.386 e. The van der Waals surface area contributed by atoms with Crippen LogP contribution in [-0.4, -0.2) is 29.1 Å². The fraction of sp³-hybridized carbons (Fsp3) is 0.333. The van der Waals surface area contributed by atoms with E-state index in [1.165, 1.54) is 10.1 Å². The number of guanidine groups is 1. The standard InChI is InChI=1S/C18H22N4OS2/c1-3-19-18(21-10-17-12(2)22-11-24-17)20-9-14(23)16-8-13-6-4-5-7-15(13)25-16/h4-8,11,14,23H,3,9-10H2,1-2H3,(H2,19,20,21). The lowest BCUT2D eigenvalue weighted by molar-refractivity contribution is 0.184. The second kappa shape index (κ2) is 8.42. The van der Waals surface area contributed by atoms with Crippen LogP contribution in [0.4, 0.5) is 0 Å². The Morgan fingerprint density at radius 2 is 2.16 bits per heavy atom. The van der Waals surface area contributed by atoms with Crippen LogP contribution in [0.1, 0.15) is 28.5 Å². The molecule has 1 atom stereocenters. The third kappa shape index (κ3) is 4.56. The van der Waals surface area contributed by atoms with Crippen molar-refractivity contribution in [2.24, 2.45) is 4.99 Å². The van der Waals surface area contributed by atoms with Crippen molar-refractivity contribution in [3.63, 3.8) is 0 Å². The highest BCUT2D eigenvalue weighted by molar-refractivity contribution is 7.19. The maximum Gasteiger partial charge on any atom is 0.191 e. The summed E-state index contributed by atoms with van der Waals surface area (Å²) in [5, 5.41) is 18.1. The van der Waals surface area contributed by atoms with Gasteiger partial charge < -0.3 is 15.7 Å². The van der Waals surface area contributed by atoms with Crippen molar-refractivity contribution in [1.29, 1.82) is 0 Å². The van der Waals surface area contributed by atoms with Gasteiger partial charge in [0.25, 0.3) is 0 Å².